The molecule has 0 spiro atoms. The van der Waals surface area contributed by atoms with Gasteiger partial charge in [0.25, 0.3) is 5.91 Å². The Morgan fingerprint density at radius 2 is 1.88 bits per heavy atom. The van der Waals surface area contributed by atoms with Crippen LogP contribution < -0.4 is 4.74 Å². The maximum atomic E-state index is 12.9. The standard InChI is InChI=1S/C19H25NO5S/c1-14(21)15-5-4-8-18(11-15)25-12-19(22)20(16-6-2-3-7-16)17-9-10-26(23,24)13-17/h4-5,8,11,16-17H,2-3,6-7,9-10,12-13H2,1H3. The van der Waals surface area contributed by atoms with Gasteiger partial charge in [-0.1, -0.05) is 25.0 Å². The molecule has 1 atom stereocenters. The zero-order chi connectivity index (χ0) is 18.7. The van der Waals surface area contributed by atoms with Crippen molar-refractivity contribution in [1.82, 2.24) is 4.90 Å². The van der Waals surface area contributed by atoms with Gasteiger partial charge in [-0.05, 0) is 38.3 Å². The number of Topliss-reactive ketones (excluding diaryl/α,β-unsaturated/α-hetero) is 1. The Bertz CT molecular complexity index is 783. The molecule has 1 amide bonds. The highest BCUT2D eigenvalue weighted by molar-refractivity contribution is 7.91. The van der Waals surface area contributed by atoms with Crippen molar-refractivity contribution in [3.63, 3.8) is 0 Å². The SMILES string of the molecule is CC(=O)c1cccc(OCC(=O)N(C2CCCC2)C2CCS(=O)(=O)C2)c1. The van der Waals surface area contributed by atoms with Crippen LogP contribution in [0.3, 0.4) is 0 Å². The second-order valence-electron chi connectivity index (χ2n) is 7.17. The molecule has 1 aliphatic heterocycles. The molecule has 0 radical (unpaired) electrons. The Labute approximate surface area is 154 Å². The van der Waals surface area contributed by atoms with E-state index in [0.717, 1.165) is 25.7 Å². The Morgan fingerprint density at radius 3 is 2.50 bits per heavy atom. The molecule has 2 aliphatic rings. The number of ether oxygens (including phenoxy) is 1. The number of hydrogen-bond donors (Lipinski definition) is 0. The molecule has 6 nitrogen and oxygen atoms in total. The van der Waals surface area contributed by atoms with E-state index in [0.29, 0.717) is 17.7 Å². The third-order valence-corrected chi connectivity index (χ3v) is 6.96. The number of carbonyl (C=O) groups is 2. The topological polar surface area (TPSA) is 80.8 Å². The summed E-state index contributed by atoms with van der Waals surface area (Å²) in [7, 11) is -3.06. The van der Waals surface area contributed by atoms with Crippen LogP contribution in [0.2, 0.25) is 0 Å². The van der Waals surface area contributed by atoms with Crippen LogP contribution in [0.5, 0.6) is 5.75 Å². The first-order valence-electron chi connectivity index (χ1n) is 9.11. The van der Waals surface area contributed by atoms with Gasteiger partial charge in [-0.25, -0.2) is 8.42 Å². The molecule has 1 saturated heterocycles. The third kappa shape index (κ3) is 4.44. The summed E-state index contributed by atoms with van der Waals surface area (Å²) in [6, 6.07) is 6.60. The lowest BCUT2D eigenvalue weighted by Crippen LogP contribution is -2.48. The van der Waals surface area contributed by atoms with Crippen LogP contribution in [0.1, 0.15) is 49.4 Å². The highest BCUT2D eigenvalue weighted by atomic mass is 32.2. The summed E-state index contributed by atoms with van der Waals surface area (Å²) >= 11 is 0. The minimum absolute atomic E-state index is 0.0507. The summed E-state index contributed by atoms with van der Waals surface area (Å²) in [4.78, 5) is 26.1. The Balaban J connectivity index is 1.69. The number of carbonyl (C=O) groups excluding carboxylic acids is 2. The molecule has 1 aromatic rings. The molecule has 1 unspecified atom stereocenters. The lowest BCUT2D eigenvalue weighted by molar-refractivity contribution is -0.137. The monoisotopic (exact) mass is 379 g/mol. The molecule has 26 heavy (non-hydrogen) atoms. The molecule has 1 heterocycles. The number of sulfone groups is 1. The van der Waals surface area contributed by atoms with Gasteiger partial charge in [-0.2, -0.15) is 0 Å². The average molecular weight is 379 g/mol. The fourth-order valence-electron chi connectivity index (χ4n) is 3.91. The molecule has 0 N–H and O–H groups in total. The average Bonchev–Trinajstić information content (AvgIpc) is 3.23. The van der Waals surface area contributed by atoms with Crippen molar-refractivity contribution in [2.75, 3.05) is 18.1 Å². The lowest BCUT2D eigenvalue weighted by Gasteiger charge is -2.34. The molecule has 2 fully saturated rings. The summed E-state index contributed by atoms with van der Waals surface area (Å²) in [6.45, 7) is 1.33. The predicted molar refractivity (Wildman–Crippen MR) is 98.1 cm³/mol. The summed E-state index contributed by atoms with van der Waals surface area (Å²) in [5.41, 5.74) is 0.532. The fraction of sp³-hybridized carbons (Fsp3) is 0.579. The number of benzene rings is 1. The van der Waals surface area contributed by atoms with Gasteiger partial charge >= 0.3 is 0 Å². The molecule has 3 rings (SSSR count). The van der Waals surface area contributed by atoms with Crippen molar-refractivity contribution in [3.05, 3.63) is 29.8 Å². The molecule has 142 valence electrons. The highest BCUT2D eigenvalue weighted by Crippen LogP contribution is 2.29. The molecule has 1 aliphatic carbocycles. The van der Waals surface area contributed by atoms with E-state index < -0.39 is 9.84 Å². The predicted octanol–water partition coefficient (Wildman–Crippen LogP) is 2.23. The second kappa shape index (κ2) is 7.78. The van der Waals surface area contributed by atoms with Crippen LogP contribution in [0, 0.1) is 0 Å². The quantitative estimate of drug-likeness (QED) is 0.708. The van der Waals surface area contributed by atoms with Crippen molar-refractivity contribution >= 4 is 21.5 Å². The fourth-order valence-corrected chi connectivity index (χ4v) is 5.62. The van der Waals surface area contributed by atoms with Crippen LogP contribution in [0.15, 0.2) is 24.3 Å². The van der Waals surface area contributed by atoms with E-state index in [4.69, 9.17) is 4.74 Å². The largest absolute Gasteiger partial charge is 0.484 e. The molecule has 7 heteroatoms. The summed E-state index contributed by atoms with van der Waals surface area (Å²) in [5.74, 6) is 0.430. The van der Waals surface area contributed by atoms with Crippen LogP contribution in [0.4, 0.5) is 0 Å². The molecular formula is C19H25NO5S. The first kappa shape index (κ1) is 18.9. The zero-order valence-corrected chi connectivity index (χ0v) is 15.8. The maximum Gasteiger partial charge on any atom is 0.261 e. The molecule has 0 aromatic heterocycles. The van der Waals surface area contributed by atoms with Crippen molar-refractivity contribution in [2.24, 2.45) is 0 Å². The van der Waals surface area contributed by atoms with Gasteiger partial charge in [0.2, 0.25) is 0 Å². The molecule has 1 saturated carbocycles. The molecule has 1 aromatic carbocycles. The normalized spacial score (nSPS) is 22.3. The Kier molecular flexibility index (Phi) is 5.65. The van der Waals surface area contributed by atoms with E-state index in [1.54, 1.807) is 29.2 Å². The maximum absolute atomic E-state index is 12.9. The van der Waals surface area contributed by atoms with Gasteiger partial charge in [-0.3, -0.25) is 9.59 Å². The Hall–Kier alpha value is -1.89. The van der Waals surface area contributed by atoms with E-state index in [-0.39, 0.29) is 41.9 Å². The van der Waals surface area contributed by atoms with Crippen molar-refractivity contribution in [3.8, 4) is 5.75 Å². The lowest BCUT2D eigenvalue weighted by atomic mass is 10.1. The highest BCUT2D eigenvalue weighted by Gasteiger charge is 2.39. The minimum atomic E-state index is -3.06. The minimum Gasteiger partial charge on any atom is -0.484 e. The summed E-state index contributed by atoms with van der Waals surface area (Å²) in [6.07, 6.45) is 4.47. The van der Waals surface area contributed by atoms with E-state index in [1.807, 2.05) is 0 Å². The van der Waals surface area contributed by atoms with Crippen molar-refractivity contribution < 1.29 is 22.7 Å². The van der Waals surface area contributed by atoms with Gasteiger partial charge < -0.3 is 9.64 Å². The van der Waals surface area contributed by atoms with Gasteiger partial charge in [0.15, 0.2) is 22.2 Å². The molecule has 0 bridgehead atoms. The van der Waals surface area contributed by atoms with Gasteiger partial charge in [0.05, 0.1) is 11.5 Å². The first-order chi connectivity index (χ1) is 12.4. The van der Waals surface area contributed by atoms with Crippen LogP contribution in [0.25, 0.3) is 0 Å². The number of rotatable bonds is 6. The molecular weight excluding hydrogens is 354 g/mol. The number of nitrogens with zero attached hydrogens (tertiary/aromatic N) is 1. The first-order valence-corrected chi connectivity index (χ1v) is 10.9. The van der Waals surface area contributed by atoms with Crippen LogP contribution in [-0.4, -0.2) is 55.2 Å². The van der Waals surface area contributed by atoms with E-state index in [1.165, 1.54) is 6.92 Å². The van der Waals surface area contributed by atoms with Gasteiger partial charge in [0.1, 0.15) is 5.75 Å². The number of ketones is 1. The number of hydrogen-bond acceptors (Lipinski definition) is 5. The van der Waals surface area contributed by atoms with Crippen molar-refractivity contribution in [2.45, 2.75) is 51.1 Å². The van der Waals surface area contributed by atoms with E-state index in [9.17, 15) is 18.0 Å². The van der Waals surface area contributed by atoms with E-state index in [2.05, 4.69) is 0 Å². The summed E-state index contributed by atoms with van der Waals surface area (Å²) < 4.78 is 29.3. The van der Waals surface area contributed by atoms with Crippen LogP contribution >= 0.6 is 0 Å². The second-order valence-corrected chi connectivity index (χ2v) is 9.40. The van der Waals surface area contributed by atoms with Gasteiger partial charge in [0, 0.05) is 17.6 Å². The summed E-state index contributed by atoms with van der Waals surface area (Å²) in [5, 5.41) is 0. The third-order valence-electron chi connectivity index (χ3n) is 5.21. The zero-order valence-electron chi connectivity index (χ0n) is 15.0. The number of amides is 1. The van der Waals surface area contributed by atoms with Crippen molar-refractivity contribution in [1.29, 1.82) is 0 Å². The smallest absolute Gasteiger partial charge is 0.261 e. The van der Waals surface area contributed by atoms with E-state index >= 15 is 0 Å². The van der Waals surface area contributed by atoms with Crippen LogP contribution in [-0.2, 0) is 14.6 Å². The Morgan fingerprint density at radius 1 is 1.15 bits per heavy atom. The van der Waals surface area contributed by atoms with Gasteiger partial charge in [-0.15, -0.1) is 0 Å².